The van der Waals surface area contributed by atoms with Crippen molar-refractivity contribution in [2.24, 2.45) is 0 Å². The standard InChI is InChI=1S/C14H18ClN3O2/c15-13-2-1-10-9-18(8-5-12(10)16-13)11-3-6-17(7-4-11)14(19)20/h1-2,11H,3-9H2,(H,19,20). The maximum atomic E-state index is 10.9. The molecule has 6 heteroatoms. The summed E-state index contributed by atoms with van der Waals surface area (Å²) >= 11 is 5.92. The van der Waals surface area contributed by atoms with E-state index in [-0.39, 0.29) is 0 Å². The van der Waals surface area contributed by atoms with Gasteiger partial charge in [-0.3, -0.25) is 4.90 Å². The maximum Gasteiger partial charge on any atom is 0.407 e. The zero-order valence-electron chi connectivity index (χ0n) is 11.3. The smallest absolute Gasteiger partial charge is 0.407 e. The van der Waals surface area contributed by atoms with E-state index in [0.29, 0.717) is 24.3 Å². The molecule has 0 saturated carbocycles. The monoisotopic (exact) mass is 295 g/mol. The van der Waals surface area contributed by atoms with Crippen molar-refractivity contribution in [1.82, 2.24) is 14.8 Å². The van der Waals surface area contributed by atoms with Crippen LogP contribution in [0.25, 0.3) is 0 Å². The number of amides is 1. The summed E-state index contributed by atoms with van der Waals surface area (Å²) in [6, 6.07) is 4.38. The third-order valence-corrected chi connectivity index (χ3v) is 4.51. The minimum absolute atomic E-state index is 0.481. The van der Waals surface area contributed by atoms with E-state index >= 15 is 0 Å². The Balaban J connectivity index is 1.63. The second-order valence-corrected chi connectivity index (χ2v) is 5.85. The number of rotatable bonds is 1. The van der Waals surface area contributed by atoms with E-state index in [4.69, 9.17) is 16.7 Å². The highest BCUT2D eigenvalue weighted by Gasteiger charge is 2.29. The molecule has 2 aliphatic rings. The summed E-state index contributed by atoms with van der Waals surface area (Å²) < 4.78 is 0. The van der Waals surface area contributed by atoms with Crippen molar-refractivity contribution in [1.29, 1.82) is 0 Å². The van der Waals surface area contributed by atoms with Gasteiger partial charge in [0.15, 0.2) is 0 Å². The van der Waals surface area contributed by atoms with Gasteiger partial charge in [0, 0.05) is 44.3 Å². The molecular formula is C14H18ClN3O2. The molecule has 3 rings (SSSR count). The van der Waals surface area contributed by atoms with Gasteiger partial charge in [-0.1, -0.05) is 17.7 Å². The predicted octanol–water partition coefficient (Wildman–Crippen LogP) is 2.24. The van der Waals surface area contributed by atoms with Gasteiger partial charge in [0.2, 0.25) is 0 Å². The highest BCUT2D eigenvalue weighted by Crippen LogP contribution is 2.25. The van der Waals surface area contributed by atoms with E-state index in [1.807, 2.05) is 6.07 Å². The molecule has 0 aliphatic carbocycles. The van der Waals surface area contributed by atoms with Crippen LogP contribution in [0.1, 0.15) is 24.1 Å². The lowest BCUT2D eigenvalue weighted by atomic mass is 9.98. The average molecular weight is 296 g/mol. The van der Waals surface area contributed by atoms with Gasteiger partial charge < -0.3 is 10.0 Å². The van der Waals surface area contributed by atoms with E-state index in [0.717, 1.165) is 38.0 Å². The lowest BCUT2D eigenvalue weighted by Gasteiger charge is -2.39. The van der Waals surface area contributed by atoms with Crippen molar-refractivity contribution in [2.75, 3.05) is 19.6 Å². The largest absolute Gasteiger partial charge is 0.465 e. The van der Waals surface area contributed by atoms with Crippen molar-refractivity contribution >= 4 is 17.7 Å². The van der Waals surface area contributed by atoms with Crippen LogP contribution in [0.15, 0.2) is 12.1 Å². The second-order valence-electron chi connectivity index (χ2n) is 5.46. The molecule has 0 bridgehead atoms. The number of nitrogens with zero attached hydrogens (tertiary/aromatic N) is 3. The van der Waals surface area contributed by atoms with Crippen LogP contribution in [0.2, 0.25) is 5.15 Å². The highest BCUT2D eigenvalue weighted by molar-refractivity contribution is 6.29. The predicted molar refractivity (Wildman–Crippen MR) is 76.0 cm³/mol. The summed E-state index contributed by atoms with van der Waals surface area (Å²) in [6.45, 7) is 3.17. The van der Waals surface area contributed by atoms with Crippen molar-refractivity contribution in [3.05, 3.63) is 28.5 Å². The van der Waals surface area contributed by atoms with Crippen LogP contribution >= 0.6 is 11.6 Å². The fraction of sp³-hybridized carbons (Fsp3) is 0.571. The first kappa shape index (κ1) is 13.6. The minimum atomic E-state index is -0.800. The molecule has 0 radical (unpaired) electrons. The number of likely N-dealkylation sites (tertiary alicyclic amines) is 1. The van der Waals surface area contributed by atoms with Crippen molar-refractivity contribution < 1.29 is 9.90 Å². The van der Waals surface area contributed by atoms with Crippen LogP contribution in [0, 0.1) is 0 Å². The lowest BCUT2D eigenvalue weighted by Crippen LogP contribution is -2.47. The SMILES string of the molecule is O=C(O)N1CCC(N2CCc3nc(Cl)ccc3C2)CC1. The van der Waals surface area contributed by atoms with E-state index < -0.39 is 6.09 Å². The Morgan fingerprint density at radius 2 is 2.05 bits per heavy atom. The number of hydrogen-bond donors (Lipinski definition) is 1. The van der Waals surface area contributed by atoms with E-state index in [1.54, 1.807) is 0 Å². The molecule has 108 valence electrons. The zero-order valence-corrected chi connectivity index (χ0v) is 12.0. The zero-order chi connectivity index (χ0) is 14.1. The fourth-order valence-electron chi connectivity index (χ4n) is 3.15. The van der Waals surface area contributed by atoms with Crippen molar-refractivity contribution in [3.8, 4) is 0 Å². The Kier molecular flexibility index (Phi) is 3.81. The van der Waals surface area contributed by atoms with E-state index in [1.165, 1.54) is 10.5 Å². The molecule has 0 spiro atoms. The molecule has 0 unspecified atom stereocenters. The van der Waals surface area contributed by atoms with Gasteiger partial charge in [-0.25, -0.2) is 9.78 Å². The van der Waals surface area contributed by atoms with Gasteiger partial charge in [-0.15, -0.1) is 0 Å². The number of piperidine rings is 1. The molecule has 1 saturated heterocycles. The number of carbonyl (C=O) groups is 1. The Labute approximate surface area is 123 Å². The average Bonchev–Trinajstić information content (AvgIpc) is 2.47. The molecule has 5 nitrogen and oxygen atoms in total. The summed E-state index contributed by atoms with van der Waals surface area (Å²) in [4.78, 5) is 19.3. The van der Waals surface area contributed by atoms with Crippen LogP contribution in [-0.2, 0) is 13.0 Å². The molecule has 0 atom stereocenters. The summed E-state index contributed by atoms with van der Waals surface area (Å²) in [5, 5.41) is 9.54. The van der Waals surface area contributed by atoms with Crippen molar-refractivity contribution in [3.63, 3.8) is 0 Å². The van der Waals surface area contributed by atoms with Gasteiger partial charge in [0.05, 0.1) is 0 Å². The molecule has 1 aromatic heterocycles. The Morgan fingerprint density at radius 3 is 2.75 bits per heavy atom. The fourth-order valence-corrected chi connectivity index (χ4v) is 3.31. The van der Waals surface area contributed by atoms with Crippen molar-refractivity contribution in [2.45, 2.75) is 31.8 Å². The van der Waals surface area contributed by atoms with E-state index in [9.17, 15) is 4.79 Å². The van der Waals surface area contributed by atoms with Gasteiger partial charge in [-0.05, 0) is 24.5 Å². The van der Waals surface area contributed by atoms with Crippen LogP contribution in [0.3, 0.4) is 0 Å². The second kappa shape index (κ2) is 5.58. The molecule has 0 aromatic carbocycles. The normalized spacial score (nSPS) is 20.8. The first-order valence-electron chi connectivity index (χ1n) is 6.99. The lowest BCUT2D eigenvalue weighted by molar-refractivity contribution is 0.0881. The molecule has 3 heterocycles. The summed E-state index contributed by atoms with van der Waals surface area (Å²) in [7, 11) is 0. The Morgan fingerprint density at radius 1 is 1.30 bits per heavy atom. The first-order valence-corrected chi connectivity index (χ1v) is 7.37. The summed E-state index contributed by atoms with van der Waals surface area (Å²) in [5.41, 5.74) is 2.36. The Hall–Kier alpha value is -1.33. The molecule has 1 aromatic rings. The number of aromatic nitrogens is 1. The number of pyridine rings is 1. The number of hydrogen-bond acceptors (Lipinski definition) is 3. The topological polar surface area (TPSA) is 56.7 Å². The first-order chi connectivity index (χ1) is 9.63. The third-order valence-electron chi connectivity index (χ3n) is 4.30. The molecule has 1 amide bonds. The van der Waals surface area contributed by atoms with E-state index in [2.05, 4.69) is 16.0 Å². The van der Waals surface area contributed by atoms with Gasteiger partial charge >= 0.3 is 6.09 Å². The van der Waals surface area contributed by atoms with Gasteiger partial charge in [0.25, 0.3) is 0 Å². The molecular weight excluding hydrogens is 278 g/mol. The highest BCUT2D eigenvalue weighted by atomic mass is 35.5. The third kappa shape index (κ3) is 2.74. The molecule has 1 fully saturated rings. The number of fused-ring (bicyclic) bond motifs is 1. The summed E-state index contributed by atoms with van der Waals surface area (Å²) in [5.74, 6) is 0. The summed E-state index contributed by atoms with van der Waals surface area (Å²) in [6.07, 6.45) is 1.96. The van der Waals surface area contributed by atoms with Crippen LogP contribution in [-0.4, -0.2) is 51.7 Å². The van der Waals surface area contributed by atoms with Gasteiger partial charge in [-0.2, -0.15) is 0 Å². The quantitative estimate of drug-likeness (QED) is 0.807. The number of halogens is 1. The van der Waals surface area contributed by atoms with Crippen LogP contribution < -0.4 is 0 Å². The van der Waals surface area contributed by atoms with Gasteiger partial charge in [0.1, 0.15) is 5.15 Å². The molecule has 20 heavy (non-hydrogen) atoms. The molecule has 1 N–H and O–H groups in total. The van der Waals surface area contributed by atoms with Crippen LogP contribution in [0.5, 0.6) is 0 Å². The number of carboxylic acid groups (broad SMARTS) is 1. The Bertz CT molecular complexity index is 515. The maximum absolute atomic E-state index is 10.9. The minimum Gasteiger partial charge on any atom is -0.465 e. The van der Waals surface area contributed by atoms with Crippen LogP contribution in [0.4, 0.5) is 4.79 Å². The molecule has 2 aliphatic heterocycles.